The van der Waals surface area contributed by atoms with Gasteiger partial charge in [-0.3, -0.25) is 0 Å². The van der Waals surface area contributed by atoms with E-state index in [0.29, 0.717) is 37.7 Å². The minimum Gasteiger partial charge on any atom is -0.486 e. The lowest BCUT2D eigenvalue weighted by Gasteiger charge is -2.21. The Morgan fingerprint density at radius 1 is 1.18 bits per heavy atom. The molecule has 0 atom stereocenters. The van der Waals surface area contributed by atoms with Crippen LogP contribution in [0, 0.1) is 0 Å². The summed E-state index contributed by atoms with van der Waals surface area (Å²) in [5, 5.41) is 1.99. The molecule has 5 nitrogen and oxygen atoms in total. The van der Waals surface area contributed by atoms with Crippen molar-refractivity contribution in [2.75, 3.05) is 26.8 Å². The van der Waals surface area contributed by atoms with Crippen LogP contribution in [-0.2, 0) is 16.4 Å². The van der Waals surface area contributed by atoms with Crippen molar-refractivity contribution in [2.45, 2.75) is 11.3 Å². The second kappa shape index (κ2) is 6.28. The molecule has 1 aromatic carbocycles. The van der Waals surface area contributed by atoms with Gasteiger partial charge in [0.1, 0.15) is 13.2 Å². The van der Waals surface area contributed by atoms with E-state index < -0.39 is 10.0 Å². The third-order valence-electron chi connectivity index (χ3n) is 3.48. The first-order chi connectivity index (χ1) is 10.6. The minimum absolute atomic E-state index is 0.227. The quantitative estimate of drug-likeness (QED) is 0.839. The van der Waals surface area contributed by atoms with Crippen molar-refractivity contribution in [3.63, 3.8) is 0 Å². The Balaban J connectivity index is 1.76. The lowest BCUT2D eigenvalue weighted by atomic mass is 10.3. The molecule has 0 fully saturated rings. The molecular formula is C15H17NO4S2. The van der Waals surface area contributed by atoms with E-state index in [0.717, 1.165) is 0 Å². The molecule has 1 aliphatic rings. The summed E-state index contributed by atoms with van der Waals surface area (Å²) in [5.41, 5.74) is 0. The Kier molecular flexibility index (Phi) is 4.37. The molecule has 0 saturated heterocycles. The molecule has 2 heterocycles. The van der Waals surface area contributed by atoms with Crippen LogP contribution in [0.15, 0.2) is 40.6 Å². The molecule has 0 spiro atoms. The summed E-state index contributed by atoms with van der Waals surface area (Å²) in [6, 6.07) is 8.72. The van der Waals surface area contributed by atoms with Crippen LogP contribution in [0.2, 0.25) is 0 Å². The van der Waals surface area contributed by atoms with Crippen LogP contribution in [0.4, 0.5) is 0 Å². The van der Waals surface area contributed by atoms with Crippen molar-refractivity contribution in [1.82, 2.24) is 4.31 Å². The van der Waals surface area contributed by atoms with E-state index in [1.165, 1.54) is 15.2 Å². The average molecular weight is 339 g/mol. The second-order valence-electron chi connectivity index (χ2n) is 4.96. The van der Waals surface area contributed by atoms with Crippen LogP contribution < -0.4 is 9.47 Å². The third-order valence-corrected chi connectivity index (χ3v) is 6.26. The van der Waals surface area contributed by atoms with Crippen LogP contribution in [0.5, 0.6) is 11.5 Å². The molecule has 0 N–H and O–H groups in total. The molecule has 22 heavy (non-hydrogen) atoms. The number of nitrogens with zero attached hydrogens (tertiary/aromatic N) is 1. The van der Waals surface area contributed by atoms with Crippen molar-refractivity contribution in [1.29, 1.82) is 0 Å². The van der Waals surface area contributed by atoms with E-state index in [4.69, 9.17) is 9.47 Å². The van der Waals surface area contributed by atoms with Gasteiger partial charge in [-0.25, -0.2) is 12.7 Å². The van der Waals surface area contributed by atoms with Crippen LogP contribution in [0.25, 0.3) is 0 Å². The van der Waals surface area contributed by atoms with Crippen molar-refractivity contribution in [3.8, 4) is 11.5 Å². The summed E-state index contributed by atoms with van der Waals surface area (Å²) in [5.74, 6) is 1.07. The van der Waals surface area contributed by atoms with Gasteiger partial charge in [0.05, 0.1) is 4.90 Å². The Hall–Kier alpha value is -1.57. The zero-order valence-corrected chi connectivity index (χ0v) is 13.8. The summed E-state index contributed by atoms with van der Waals surface area (Å²) < 4.78 is 37.5. The number of sulfonamides is 1. The highest BCUT2D eigenvalue weighted by Gasteiger charge is 2.23. The maximum absolute atomic E-state index is 12.6. The summed E-state index contributed by atoms with van der Waals surface area (Å²) in [7, 11) is -1.93. The predicted octanol–water partition coefficient (Wildman–Crippen LogP) is 2.38. The molecule has 118 valence electrons. The molecule has 0 aliphatic carbocycles. The van der Waals surface area contributed by atoms with E-state index in [1.807, 2.05) is 17.5 Å². The zero-order chi connectivity index (χ0) is 15.6. The fourth-order valence-electron chi connectivity index (χ4n) is 2.21. The topological polar surface area (TPSA) is 55.8 Å². The lowest BCUT2D eigenvalue weighted by Crippen LogP contribution is -2.29. The summed E-state index contributed by atoms with van der Waals surface area (Å²) in [6.07, 6.45) is 0.706. The van der Waals surface area contributed by atoms with E-state index in [1.54, 1.807) is 30.5 Å². The zero-order valence-electron chi connectivity index (χ0n) is 12.2. The van der Waals surface area contributed by atoms with Crippen LogP contribution in [0.1, 0.15) is 4.88 Å². The number of likely N-dealkylation sites (N-methyl/N-ethyl adjacent to an activating group) is 1. The van der Waals surface area contributed by atoms with Gasteiger partial charge in [-0.05, 0) is 30.0 Å². The molecule has 1 aromatic heterocycles. The van der Waals surface area contributed by atoms with Crippen molar-refractivity contribution < 1.29 is 17.9 Å². The van der Waals surface area contributed by atoms with Crippen molar-refractivity contribution in [2.24, 2.45) is 0 Å². The molecular weight excluding hydrogens is 322 g/mol. The number of benzene rings is 1. The normalized spacial score (nSPS) is 14.3. The fourth-order valence-corrected chi connectivity index (χ4v) is 4.09. The van der Waals surface area contributed by atoms with Gasteiger partial charge in [0.15, 0.2) is 11.5 Å². The van der Waals surface area contributed by atoms with Gasteiger partial charge in [-0.1, -0.05) is 6.07 Å². The predicted molar refractivity (Wildman–Crippen MR) is 85.3 cm³/mol. The first kappa shape index (κ1) is 15.3. The molecule has 1 aliphatic heterocycles. The molecule has 2 aromatic rings. The number of thiophene rings is 1. The minimum atomic E-state index is -3.52. The monoisotopic (exact) mass is 339 g/mol. The van der Waals surface area contributed by atoms with Crippen molar-refractivity contribution in [3.05, 3.63) is 40.6 Å². The Bertz CT molecular complexity index is 741. The van der Waals surface area contributed by atoms with Gasteiger partial charge in [-0.15, -0.1) is 11.3 Å². The molecule has 0 radical (unpaired) electrons. The summed E-state index contributed by atoms with van der Waals surface area (Å²) in [6.45, 7) is 1.36. The van der Waals surface area contributed by atoms with Crippen molar-refractivity contribution >= 4 is 21.4 Å². The molecule has 0 unspecified atom stereocenters. The lowest BCUT2D eigenvalue weighted by molar-refractivity contribution is 0.171. The highest BCUT2D eigenvalue weighted by atomic mass is 32.2. The molecule has 0 saturated carbocycles. The Labute approximate surface area is 134 Å². The largest absolute Gasteiger partial charge is 0.486 e. The van der Waals surface area contributed by atoms with Gasteiger partial charge in [0.2, 0.25) is 10.0 Å². The maximum Gasteiger partial charge on any atom is 0.242 e. The maximum atomic E-state index is 12.6. The van der Waals surface area contributed by atoms with Crippen LogP contribution in [-0.4, -0.2) is 39.5 Å². The number of rotatable bonds is 5. The number of ether oxygens (including phenoxy) is 2. The SMILES string of the molecule is CN(CCc1cccs1)S(=O)(=O)c1ccc2c(c1)OCCO2. The van der Waals surface area contributed by atoms with E-state index in [-0.39, 0.29) is 4.90 Å². The average Bonchev–Trinajstić information content (AvgIpc) is 3.05. The summed E-state index contributed by atoms with van der Waals surface area (Å²) in [4.78, 5) is 1.40. The molecule has 7 heteroatoms. The van der Waals surface area contributed by atoms with Gasteiger partial charge in [0, 0.05) is 24.5 Å². The first-order valence-corrected chi connectivity index (χ1v) is 9.28. The first-order valence-electron chi connectivity index (χ1n) is 6.96. The standard InChI is InChI=1S/C15H17NO4S2/c1-16(7-6-12-3-2-10-21-12)22(17,18)13-4-5-14-15(11-13)20-9-8-19-14/h2-5,10-11H,6-9H2,1H3. The van der Waals surface area contributed by atoms with E-state index in [9.17, 15) is 8.42 Å². The molecule has 0 bridgehead atoms. The smallest absolute Gasteiger partial charge is 0.242 e. The molecule has 0 amide bonds. The highest BCUT2D eigenvalue weighted by molar-refractivity contribution is 7.89. The molecule has 3 rings (SSSR count). The van der Waals surface area contributed by atoms with Gasteiger partial charge >= 0.3 is 0 Å². The Morgan fingerprint density at radius 2 is 1.95 bits per heavy atom. The number of fused-ring (bicyclic) bond motifs is 1. The van der Waals surface area contributed by atoms with Gasteiger partial charge < -0.3 is 9.47 Å². The third kappa shape index (κ3) is 3.11. The van der Waals surface area contributed by atoms with E-state index in [2.05, 4.69) is 0 Å². The second-order valence-corrected chi connectivity index (χ2v) is 8.04. The van der Waals surface area contributed by atoms with Gasteiger partial charge in [0.25, 0.3) is 0 Å². The fraction of sp³-hybridized carbons (Fsp3) is 0.333. The highest BCUT2D eigenvalue weighted by Crippen LogP contribution is 2.33. The number of hydrogen-bond donors (Lipinski definition) is 0. The summed E-state index contributed by atoms with van der Waals surface area (Å²) >= 11 is 1.63. The van der Waals surface area contributed by atoms with E-state index >= 15 is 0 Å². The van der Waals surface area contributed by atoms with Crippen LogP contribution >= 0.6 is 11.3 Å². The Morgan fingerprint density at radius 3 is 2.68 bits per heavy atom. The van der Waals surface area contributed by atoms with Crippen LogP contribution in [0.3, 0.4) is 0 Å². The number of hydrogen-bond acceptors (Lipinski definition) is 5. The van der Waals surface area contributed by atoms with Gasteiger partial charge in [-0.2, -0.15) is 0 Å².